The van der Waals surface area contributed by atoms with E-state index in [0.29, 0.717) is 11.3 Å². The molecule has 0 aliphatic rings. The normalized spacial score (nSPS) is 9.13. The van der Waals surface area contributed by atoms with Gasteiger partial charge < -0.3 is 5.11 Å². The largest absolute Gasteiger partial charge is 1.00 e. The second-order valence-electron chi connectivity index (χ2n) is 4.08. The summed E-state index contributed by atoms with van der Waals surface area (Å²) in [5.74, 6) is 1.06. The molecule has 6 nitrogen and oxygen atoms in total. The number of benzene rings is 1. The SMILES string of the molecule is C[O-].O=C(CSCc1ccncc1)c1ccc([N+](=O)[O-])cc1.[Na+]. The molecular formula is C15H15N2NaO4S. The number of non-ortho nitro benzene ring substituents is 1. The maximum Gasteiger partial charge on any atom is 1.00 e. The van der Waals surface area contributed by atoms with Crippen molar-refractivity contribution in [1.82, 2.24) is 4.98 Å². The van der Waals surface area contributed by atoms with Crippen LogP contribution in [0.2, 0.25) is 0 Å². The zero-order valence-corrected chi connectivity index (χ0v) is 15.8. The van der Waals surface area contributed by atoms with E-state index in [1.54, 1.807) is 12.4 Å². The van der Waals surface area contributed by atoms with Gasteiger partial charge in [0.1, 0.15) is 0 Å². The molecule has 116 valence electrons. The topological polar surface area (TPSA) is 96.2 Å². The van der Waals surface area contributed by atoms with Gasteiger partial charge in [0.05, 0.1) is 10.7 Å². The molecule has 0 N–H and O–H groups in total. The van der Waals surface area contributed by atoms with Crippen LogP contribution in [0.3, 0.4) is 0 Å². The second kappa shape index (κ2) is 12.2. The number of carbonyl (C=O) groups excluding carboxylic acids is 1. The van der Waals surface area contributed by atoms with Crippen LogP contribution in [0.15, 0.2) is 48.8 Å². The third-order valence-electron chi connectivity index (χ3n) is 2.65. The van der Waals surface area contributed by atoms with E-state index in [4.69, 9.17) is 5.11 Å². The van der Waals surface area contributed by atoms with Crippen LogP contribution in [0.1, 0.15) is 15.9 Å². The molecule has 8 heteroatoms. The van der Waals surface area contributed by atoms with Crippen molar-refractivity contribution in [2.24, 2.45) is 0 Å². The van der Waals surface area contributed by atoms with Crippen molar-refractivity contribution in [1.29, 1.82) is 0 Å². The summed E-state index contributed by atoms with van der Waals surface area (Å²) in [6, 6.07) is 9.50. The molecule has 1 aromatic heterocycles. The molecule has 0 bridgehead atoms. The van der Waals surface area contributed by atoms with Gasteiger partial charge in [-0.3, -0.25) is 19.9 Å². The van der Waals surface area contributed by atoms with Crippen molar-refractivity contribution in [2.75, 3.05) is 12.9 Å². The quantitative estimate of drug-likeness (QED) is 0.292. The Kier molecular flexibility index (Phi) is 11.5. The van der Waals surface area contributed by atoms with Crippen molar-refractivity contribution in [3.8, 4) is 0 Å². The maximum atomic E-state index is 11.9. The number of nitro benzene ring substituents is 1. The number of aromatic nitrogens is 1. The van der Waals surface area contributed by atoms with E-state index >= 15 is 0 Å². The fourth-order valence-electron chi connectivity index (χ4n) is 1.59. The van der Waals surface area contributed by atoms with Crippen molar-refractivity contribution in [3.05, 3.63) is 70.0 Å². The van der Waals surface area contributed by atoms with Gasteiger partial charge in [-0.15, -0.1) is 11.8 Å². The number of thioether (sulfide) groups is 1. The van der Waals surface area contributed by atoms with Crippen molar-refractivity contribution < 1.29 is 44.4 Å². The molecule has 1 heterocycles. The summed E-state index contributed by atoms with van der Waals surface area (Å²) < 4.78 is 0. The Bertz CT molecular complexity index is 609. The third-order valence-corrected chi connectivity index (χ3v) is 3.66. The van der Waals surface area contributed by atoms with E-state index in [2.05, 4.69) is 4.98 Å². The van der Waals surface area contributed by atoms with Gasteiger partial charge in [0.15, 0.2) is 5.78 Å². The van der Waals surface area contributed by atoms with Gasteiger partial charge in [0.2, 0.25) is 0 Å². The fraction of sp³-hybridized carbons (Fsp3) is 0.200. The smallest absolute Gasteiger partial charge is 0.857 e. The van der Waals surface area contributed by atoms with Gasteiger partial charge in [-0.25, -0.2) is 0 Å². The first-order chi connectivity index (χ1) is 10.7. The average Bonchev–Trinajstić information content (AvgIpc) is 2.57. The molecule has 0 spiro atoms. The van der Waals surface area contributed by atoms with Gasteiger partial charge in [0.25, 0.3) is 5.69 Å². The first-order valence-electron chi connectivity index (χ1n) is 6.32. The van der Waals surface area contributed by atoms with E-state index in [0.717, 1.165) is 18.4 Å². The van der Waals surface area contributed by atoms with Crippen LogP contribution < -0.4 is 34.7 Å². The Morgan fingerprint density at radius 2 is 1.70 bits per heavy atom. The molecule has 1 aromatic carbocycles. The zero-order valence-electron chi connectivity index (χ0n) is 13.0. The van der Waals surface area contributed by atoms with E-state index in [1.165, 1.54) is 36.0 Å². The van der Waals surface area contributed by atoms with Crippen LogP contribution in [0.25, 0.3) is 0 Å². The number of nitrogens with zero attached hydrogens (tertiary/aromatic N) is 2. The minimum atomic E-state index is -0.480. The summed E-state index contributed by atoms with van der Waals surface area (Å²) in [5, 5.41) is 18.8. The molecule has 0 fully saturated rings. The Morgan fingerprint density at radius 1 is 1.13 bits per heavy atom. The van der Waals surface area contributed by atoms with Crippen LogP contribution in [0, 0.1) is 10.1 Å². The Labute approximate surface area is 160 Å². The Balaban J connectivity index is 0.00000155. The van der Waals surface area contributed by atoms with Crippen LogP contribution in [-0.4, -0.2) is 28.6 Å². The number of hydrogen-bond acceptors (Lipinski definition) is 6. The van der Waals surface area contributed by atoms with E-state index in [-0.39, 0.29) is 41.0 Å². The number of nitro groups is 1. The fourth-order valence-corrected chi connectivity index (χ4v) is 2.48. The van der Waals surface area contributed by atoms with Gasteiger partial charge in [-0.2, -0.15) is 7.11 Å². The zero-order chi connectivity index (χ0) is 16.4. The molecule has 0 amide bonds. The van der Waals surface area contributed by atoms with Gasteiger partial charge >= 0.3 is 29.6 Å². The molecule has 0 saturated carbocycles. The summed E-state index contributed by atoms with van der Waals surface area (Å²) >= 11 is 1.51. The molecular weight excluding hydrogens is 327 g/mol. The van der Waals surface area contributed by atoms with Crippen molar-refractivity contribution in [2.45, 2.75) is 5.75 Å². The minimum Gasteiger partial charge on any atom is -0.857 e. The van der Waals surface area contributed by atoms with Gasteiger partial charge in [-0.05, 0) is 29.8 Å². The number of pyridine rings is 1. The Hall–Kier alpha value is -1.25. The monoisotopic (exact) mass is 342 g/mol. The van der Waals surface area contributed by atoms with E-state index in [1.807, 2.05) is 12.1 Å². The minimum absolute atomic E-state index is 0. The summed E-state index contributed by atoms with van der Waals surface area (Å²) in [6.45, 7) is 0. The van der Waals surface area contributed by atoms with Crippen LogP contribution in [0.4, 0.5) is 5.69 Å². The average molecular weight is 342 g/mol. The molecule has 0 aliphatic carbocycles. The number of Topliss-reactive ketones (excluding diaryl/α,β-unsaturated/α-hetero) is 1. The molecule has 0 radical (unpaired) electrons. The summed E-state index contributed by atoms with van der Waals surface area (Å²) in [5.41, 5.74) is 1.60. The van der Waals surface area contributed by atoms with Gasteiger partial charge in [-0.1, -0.05) is 0 Å². The maximum absolute atomic E-state index is 11.9. The summed E-state index contributed by atoms with van der Waals surface area (Å²) in [4.78, 5) is 25.9. The number of rotatable bonds is 6. The first kappa shape index (κ1) is 21.8. The van der Waals surface area contributed by atoms with E-state index in [9.17, 15) is 14.9 Å². The van der Waals surface area contributed by atoms with E-state index < -0.39 is 4.92 Å². The molecule has 0 aliphatic heterocycles. The molecule has 0 atom stereocenters. The second-order valence-corrected chi connectivity index (χ2v) is 5.06. The third kappa shape index (κ3) is 7.71. The molecule has 2 rings (SSSR count). The number of hydrogen-bond donors (Lipinski definition) is 0. The standard InChI is InChI=1S/C14H12N2O3S.CH3O.Na/c17-14(10-20-9-11-5-7-15-8-6-11)12-1-3-13(4-2-12)16(18)19;1-2;/h1-8H,9-10H2;1H3;/q;-1;+1. The van der Waals surface area contributed by atoms with Crippen LogP contribution >= 0.6 is 11.8 Å². The predicted octanol–water partition coefficient (Wildman–Crippen LogP) is -0.914. The molecule has 23 heavy (non-hydrogen) atoms. The number of carbonyl (C=O) groups is 1. The molecule has 0 unspecified atom stereocenters. The first-order valence-corrected chi connectivity index (χ1v) is 7.47. The van der Waals surface area contributed by atoms with Crippen molar-refractivity contribution in [3.63, 3.8) is 0 Å². The van der Waals surface area contributed by atoms with Crippen LogP contribution in [0.5, 0.6) is 0 Å². The number of ketones is 1. The summed E-state index contributed by atoms with van der Waals surface area (Å²) in [6.07, 6.45) is 3.43. The predicted molar refractivity (Wildman–Crippen MR) is 83.7 cm³/mol. The molecule has 2 aromatic rings. The van der Waals surface area contributed by atoms with Crippen molar-refractivity contribution >= 4 is 23.2 Å². The Morgan fingerprint density at radius 3 is 2.22 bits per heavy atom. The van der Waals surface area contributed by atoms with Gasteiger partial charge in [0, 0.05) is 35.8 Å². The summed E-state index contributed by atoms with van der Waals surface area (Å²) in [7, 11) is 0.750. The van der Waals surface area contributed by atoms with Crippen LogP contribution in [-0.2, 0) is 5.75 Å². The molecule has 0 saturated heterocycles.